The highest BCUT2D eigenvalue weighted by Gasteiger charge is 2.20. The molecule has 2 aromatic heterocycles. The second-order valence-corrected chi connectivity index (χ2v) is 14.3. The summed E-state index contributed by atoms with van der Waals surface area (Å²) in [5, 5.41) is 6.90. The predicted octanol–water partition coefficient (Wildman–Crippen LogP) is 14.1. The molecule has 0 N–H and O–H groups in total. The Hall–Kier alpha value is -7.69. The Balaban J connectivity index is 1.04. The Kier molecular flexibility index (Phi) is 7.78. The molecule has 0 amide bonds. The fraction of sp³-hybridized carbons (Fsp3) is 0. The summed E-state index contributed by atoms with van der Waals surface area (Å²) in [6.07, 6.45) is 0. The average molecular weight is 728 g/mol. The minimum absolute atomic E-state index is 0.638. The van der Waals surface area contributed by atoms with E-state index in [9.17, 15) is 0 Å². The van der Waals surface area contributed by atoms with Crippen LogP contribution in [0.3, 0.4) is 0 Å². The van der Waals surface area contributed by atoms with Gasteiger partial charge in [0, 0.05) is 32.8 Å². The van der Waals surface area contributed by atoms with Crippen LogP contribution >= 0.6 is 0 Å². The molecule has 0 aliphatic rings. The summed E-state index contributed by atoms with van der Waals surface area (Å²) in [5.41, 5.74) is 11.6. The standard InChI is InChI=1S/C53H33N3O/c1-4-15-34(16-5-1)40-25-14-26-48-49(40)47-33-46(43-23-12-13-24-45(43)50(47)57-48)44-32-31-39(41-21-10-11-22-42(41)44)35-27-29-38(30-28-35)53-55-51(36-17-6-2-7-18-36)54-52(56-53)37-19-8-3-9-20-37/h1-33H. The van der Waals surface area contributed by atoms with Crippen LogP contribution in [0.2, 0.25) is 0 Å². The zero-order valence-electron chi connectivity index (χ0n) is 30.8. The van der Waals surface area contributed by atoms with Crippen LogP contribution in [-0.4, -0.2) is 15.0 Å². The fourth-order valence-electron chi connectivity index (χ4n) is 8.25. The molecule has 57 heavy (non-hydrogen) atoms. The zero-order valence-corrected chi connectivity index (χ0v) is 30.8. The predicted molar refractivity (Wildman–Crippen MR) is 235 cm³/mol. The third kappa shape index (κ3) is 5.66. The molecule has 0 saturated carbocycles. The Morgan fingerprint density at radius 3 is 1.32 bits per heavy atom. The number of rotatable bonds is 6. The first-order valence-electron chi connectivity index (χ1n) is 19.2. The van der Waals surface area contributed by atoms with E-state index in [2.05, 4.69) is 140 Å². The second kappa shape index (κ2) is 13.6. The smallest absolute Gasteiger partial charge is 0.164 e. The quantitative estimate of drug-likeness (QED) is 0.171. The van der Waals surface area contributed by atoms with Crippen LogP contribution in [0.25, 0.3) is 111 Å². The number of aromatic nitrogens is 3. The summed E-state index contributed by atoms with van der Waals surface area (Å²) in [6.45, 7) is 0. The monoisotopic (exact) mass is 727 g/mol. The lowest BCUT2D eigenvalue weighted by Gasteiger charge is -2.15. The van der Waals surface area contributed by atoms with E-state index in [1.165, 1.54) is 33.0 Å². The molecule has 9 aromatic carbocycles. The van der Waals surface area contributed by atoms with Crippen molar-refractivity contribution in [1.82, 2.24) is 15.0 Å². The van der Waals surface area contributed by atoms with E-state index in [0.717, 1.165) is 60.5 Å². The molecule has 0 bridgehead atoms. The van der Waals surface area contributed by atoms with E-state index in [0.29, 0.717) is 17.5 Å². The SMILES string of the molecule is c1ccc(-c2nc(-c3ccccc3)nc(-c3ccc(-c4ccc(-c5cc6c(oc7cccc(-c8ccccc8)c76)c6ccccc56)c5ccccc45)cc3)n2)cc1. The number of furan rings is 1. The maximum Gasteiger partial charge on any atom is 0.164 e. The molecule has 0 radical (unpaired) electrons. The van der Waals surface area contributed by atoms with Gasteiger partial charge in [0.1, 0.15) is 11.2 Å². The molecule has 0 spiro atoms. The van der Waals surface area contributed by atoms with Crippen LogP contribution in [0.1, 0.15) is 0 Å². The van der Waals surface area contributed by atoms with Crippen LogP contribution in [0.5, 0.6) is 0 Å². The highest BCUT2D eigenvalue weighted by molar-refractivity contribution is 6.23. The Labute approximate surface area is 329 Å². The third-order valence-electron chi connectivity index (χ3n) is 11.0. The molecule has 2 heterocycles. The van der Waals surface area contributed by atoms with Gasteiger partial charge in [-0.25, -0.2) is 15.0 Å². The summed E-state index contributed by atoms with van der Waals surface area (Å²) in [7, 11) is 0. The van der Waals surface area contributed by atoms with Crippen LogP contribution in [-0.2, 0) is 0 Å². The van der Waals surface area contributed by atoms with E-state index in [-0.39, 0.29) is 0 Å². The topological polar surface area (TPSA) is 51.8 Å². The number of hydrogen-bond donors (Lipinski definition) is 0. The van der Waals surface area contributed by atoms with Crippen LogP contribution < -0.4 is 0 Å². The van der Waals surface area contributed by atoms with Crippen LogP contribution in [0.4, 0.5) is 0 Å². The lowest BCUT2D eigenvalue weighted by Crippen LogP contribution is -2.00. The van der Waals surface area contributed by atoms with Crippen molar-refractivity contribution in [3.8, 4) is 67.5 Å². The van der Waals surface area contributed by atoms with Gasteiger partial charge in [0.25, 0.3) is 0 Å². The Morgan fingerprint density at radius 1 is 0.281 bits per heavy atom. The van der Waals surface area contributed by atoms with Crippen molar-refractivity contribution in [2.24, 2.45) is 0 Å². The fourth-order valence-corrected chi connectivity index (χ4v) is 8.25. The van der Waals surface area contributed by atoms with Gasteiger partial charge < -0.3 is 4.42 Å². The van der Waals surface area contributed by atoms with Crippen LogP contribution in [0.15, 0.2) is 205 Å². The van der Waals surface area contributed by atoms with Crippen molar-refractivity contribution in [2.75, 3.05) is 0 Å². The third-order valence-corrected chi connectivity index (χ3v) is 11.0. The maximum absolute atomic E-state index is 6.67. The minimum Gasteiger partial charge on any atom is -0.455 e. The lowest BCUT2D eigenvalue weighted by atomic mass is 9.88. The van der Waals surface area contributed by atoms with Gasteiger partial charge in [-0.05, 0) is 61.7 Å². The summed E-state index contributed by atoms with van der Waals surface area (Å²) < 4.78 is 6.67. The summed E-state index contributed by atoms with van der Waals surface area (Å²) in [4.78, 5) is 14.8. The van der Waals surface area contributed by atoms with Gasteiger partial charge in [-0.15, -0.1) is 0 Å². The minimum atomic E-state index is 0.638. The van der Waals surface area contributed by atoms with E-state index in [1.54, 1.807) is 0 Å². The molecule has 0 saturated heterocycles. The first-order chi connectivity index (χ1) is 28.3. The Morgan fingerprint density at radius 2 is 0.719 bits per heavy atom. The van der Waals surface area contributed by atoms with Gasteiger partial charge >= 0.3 is 0 Å². The number of nitrogens with zero attached hydrogens (tertiary/aromatic N) is 3. The highest BCUT2D eigenvalue weighted by atomic mass is 16.3. The van der Waals surface area contributed by atoms with Crippen molar-refractivity contribution in [1.29, 1.82) is 0 Å². The molecular weight excluding hydrogens is 695 g/mol. The molecule has 0 atom stereocenters. The highest BCUT2D eigenvalue weighted by Crippen LogP contribution is 2.45. The summed E-state index contributed by atoms with van der Waals surface area (Å²) >= 11 is 0. The zero-order chi connectivity index (χ0) is 37.7. The van der Waals surface area contributed by atoms with Crippen LogP contribution in [0, 0.1) is 0 Å². The van der Waals surface area contributed by atoms with Crippen molar-refractivity contribution in [3.63, 3.8) is 0 Å². The van der Waals surface area contributed by atoms with E-state index >= 15 is 0 Å². The van der Waals surface area contributed by atoms with Gasteiger partial charge in [0.2, 0.25) is 0 Å². The second-order valence-electron chi connectivity index (χ2n) is 14.3. The molecule has 11 rings (SSSR count). The van der Waals surface area contributed by atoms with Gasteiger partial charge in [-0.2, -0.15) is 0 Å². The molecule has 0 aliphatic carbocycles. The molecule has 4 heteroatoms. The molecule has 0 aliphatic heterocycles. The number of fused-ring (bicyclic) bond motifs is 6. The first-order valence-corrected chi connectivity index (χ1v) is 19.2. The molecule has 0 fully saturated rings. The molecule has 0 unspecified atom stereocenters. The normalized spacial score (nSPS) is 11.5. The van der Waals surface area contributed by atoms with Gasteiger partial charge in [0.15, 0.2) is 17.5 Å². The van der Waals surface area contributed by atoms with Gasteiger partial charge in [0.05, 0.1) is 0 Å². The van der Waals surface area contributed by atoms with Crippen molar-refractivity contribution in [2.45, 2.75) is 0 Å². The molecule has 266 valence electrons. The molecular formula is C53H33N3O. The summed E-state index contributed by atoms with van der Waals surface area (Å²) in [5.74, 6) is 1.94. The Bertz CT molecular complexity index is 3210. The van der Waals surface area contributed by atoms with E-state index in [1.807, 2.05) is 60.7 Å². The number of hydrogen-bond acceptors (Lipinski definition) is 4. The van der Waals surface area contributed by atoms with Gasteiger partial charge in [-0.1, -0.05) is 188 Å². The first kappa shape index (κ1) is 32.7. The van der Waals surface area contributed by atoms with Crippen molar-refractivity contribution < 1.29 is 4.42 Å². The van der Waals surface area contributed by atoms with Crippen molar-refractivity contribution >= 4 is 43.5 Å². The maximum atomic E-state index is 6.67. The summed E-state index contributed by atoms with van der Waals surface area (Å²) in [6, 6.07) is 69.9. The van der Waals surface area contributed by atoms with Gasteiger partial charge in [-0.3, -0.25) is 0 Å². The molecule has 11 aromatic rings. The van der Waals surface area contributed by atoms with E-state index in [4.69, 9.17) is 19.4 Å². The van der Waals surface area contributed by atoms with Crippen molar-refractivity contribution in [3.05, 3.63) is 200 Å². The number of benzene rings is 9. The molecule has 4 nitrogen and oxygen atoms in total. The van der Waals surface area contributed by atoms with E-state index < -0.39 is 0 Å². The largest absolute Gasteiger partial charge is 0.455 e. The average Bonchev–Trinajstić information content (AvgIpc) is 3.68. The lowest BCUT2D eigenvalue weighted by molar-refractivity contribution is 0.673.